The molecule has 1 rings (SSSR count). The maximum atomic E-state index is 12.3. The van der Waals surface area contributed by atoms with Gasteiger partial charge in [-0.25, -0.2) is 14.2 Å². The lowest BCUT2D eigenvalue weighted by Crippen LogP contribution is -2.35. The number of imide groups is 1. The van der Waals surface area contributed by atoms with Crippen LogP contribution in [0.25, 0.3) is 0 Å². The van der Waals surface area contributed by atoms with Gasteiger partial charge in [0, 0.05) is 0 Å². The van der Waals surface area contributed by atoms with Gasteiger partial charge in [0.25, 0.3) is 5.91 Å². The third kappa shape index (κ3) is 2.51. The van der Waals surface area contributed by atoms with Crippen molar-refractivity contribution in [1.29, 1.82) is 0 Å². The molecule has 0 fully saturated rings. The number of pyridine rings is 1. The molecular weight excluding hydrogens is 177 g/mol. The van der Waals surface area contributed by atoms with Gasteiger partial charge >= 0.3 is 6.03 Å². The first-order valence-electron chi connectivity index (χ1n) is 3.32. The number of carbonyl (C=O) groups is 2. The third-order valence-electron chi connectivity index (χ3n) is 1.20. The van der Waals surface area contributed by atoms with Gasteiger partial charge in [-0.3, -0.25) is 10.1 Å². The van der Waals surface area contributed by atoms with E-state index >= 15 is 0 Å². The number of aromatic nitrogens is 1. The first kappa shape index (κ1) is 9.11. The lowest BCUT2D eigenvalue weighted by atomic mass is 10.3. The molecule has 1 aromatic heterocycles. The Morgan fingerprint density at radius 1 is 1.46 bits per heavy atom. The van der Waals surface area contributed by atoms with Crippen LogP contribution in [0, 0.1) is 5.82 Å². The second kappa shape index (κ2) is 3.61. The Morgan fingerprint density at radius 3 is 2.62 bits per heavy atom. The van der Waals surface area contributed by atoms with Gasteiger partial charge in [-0.1, -0.05) is 0 Å². The highest BCUT2D eigenvalue weighted by atomic mass is 19.1. The van der Waals surface area contributed by atoms with E-state index in [0.717, 1.165) is 18.3 Å². The van der Waals surface area contributed by atoms with Gasteiger partial charge in [0.1, 0.15) is 11.5 Å². The molecule has 3 N–H and O–H groups in total. The van der Waals surface area contributed by atoms with Gasteiger partial charge in [0.2, 0.25) is 0 Å². The van der Waals surface area contributed by atoms with Crippen molar-refractivity contribution < 1.29 is 14.0 Å². The molecule has 0 aliphatic heterocycles. The smallest absolute Gasteiger partial charge is 0.319 e. The van der Waals surface area contributed by atoms with Crippen LogP contribution in [-0.4, -0.2) is 16.9 Å². The van der Waals surface area contributed by atoms with Crippen molar-refractivity contribution in [3.63, 3.8) is 0 Å². The SMILES string of the molecule is NC(=O)NC(=O)c1ccc(F)cn1. The number of nitrogens with one attached hydrogen (secondary N) is 1. The highest BCUT2D eigenvalue weighted by Gasteiger charge is 2.08. The zero-order chi connectivity index (χ0) is 9.84. The molecule has 0 unspecified atom stereocenters. The number of hydrogen-bond donors (Lipinski definition) is 2. The highest BCUT2D eigenvalue weighted by Crippen LogP contribution is 1.97. The van der Waals surface area contributed by atoms with Gasteiger partial charge in [0.15, 0.2) is 0 Å². The van der Waals surface area contributed by atoms with Crippen molar-refractivity contribution in [2.75, 3.05) is 0 Å². The van der Waals surface area contributed by atoms with E-state index in [2.05, 4.69) is 10.7 Å². The van der Waals surface area contributed by atoms with E-state index in [1.807, 2.05) is 0 Å². The fourth-order valence-electron chi connectivity index (χ4n) is 0.686. The fraction of sp³-hybridized carbons (Fsp3) is 0. The van der Waals surface area contributed by atoms with Crippen LogP contribution in [0.4, 0.5) is 9.18 Å². The summed E-state index contributed by atoms with van der Waals surface area (Å²) in [6.45, 7) is 0. The minimum Gasteiger partial charge on any atom is -0.351 e. The van der Waals surface area contributed by atoms with E-state index in [-0.39, 0.29) is 5.69 Å². The molecule has 0 saturated heterocycles. The van der Waals surface area contributed by atoms with Crippen molar-refractivity contribution >= 4 is 11.9 Å². The molecular formula is C7H6FN3O2. The molecule has 13 heavy (non-hydrogen) atoms. The molecule has 0 radical (unpaired) electrons. The molecule has 0 atom stereocenters. The Labute approximate surface area is 72.8 Å². The average molecular weight is 183 g/mol. The van der Waals surface area contributed by atoms with Crippen LogP contribution in [0.2, 0.25) is 0 Å². The Bertz CT molecular complexity index is 336. The third-order valence-corrected chi connectivity index (χ3v) is 1.20. The fourth-order valence-corrected chi connectivity index (χ4v) is 0.686. The summed E-state index contributed by atoms with van der Waals surface area (Å²) in [6.07, 6.45) is 0.871. The van der Waals surface area contributed by atoms with Crippen molar-refractivity contribution in [3.8, 4) is 0 Å². The van der Waals surface area contributed by atoms with Gasteiger partial charge < -0.3 is 5.73 Å². The Balaban J connectivity index is 2.78. The molecule has 0 spiro atoms. The van der Waals surface area contributed by atoms with Gasteiger partial charge in [-0.05, 0) is 12.1 Å². The zero-order valence-corrected chi connectivity index (χ0v) is 6.45. The Kier molecular flexibility index (Phi) is 2.53. The monoisotopic (exact) mass is 183 g/mol. The van der Waals surface area contributed by atoms with Crippen LogP contribution in [0.5, 0.6) is 0 Å². The first-order valence-corrected chi connectivity index (χ1v) is 3.32. The molecule has 1 heterocycles. The summed E-state index contributed by atoms with van der Waals surface area (Å²) in [5.74, 6) is -1.32. The summed E-state index contributed by atoms with van der Waals surface area (Å²) in [7, 11) is 0. The average Bonchev–Trinajstić information content (AvgIpc) is 2.04. The predicted molar refractivity (Wildman–Crippen MR) is 41.2 cm³/mol. The summed E-state index contributed by atoms with van der Waals surface area (Å²) >= 11 is 0. The van der Waals surface area contributed by atoms with E-state index in [9.17, 15) is 14.0 Å². The molecule has 68 valence electrons. The number of nitrogens with two attached hydrogens (primary N) is 1. The number of hydrogen-bond acceptors (Lipinski definition) is 3. The van der Waals surface area contributed by atoms with Crippen LogP contribution in [-0.2, 0) is 0 Å². The summed E-state index contributed by atoms with van der Waals surface area (Å²) in [5, 5.41) is 1.79. The Hall–Kier alpha value is -1.98. The molecule has 1 aromatic rings. The predicted octanol–water partition coefficient (Wildman–Crippen LogP) is 0.0292. The summed E-state index contributed by atoms with van der Waals surface area (Å²) < 4.78 is 12.3. The number of halogens is 1. The van der Waals surface area contributed by atoms with E-state index < -0.39 is 17.8 Å². The minimum atomic E-state index is -0.976. The number of primary amides is 1. The van der Waals surface area contributed by atoms with E-state index in [1.54, 1.807) is 5.32 Å². The second-order valence-corrected chi connectivity index (χ2v) is 2.18. The van der Waals surface area contributed by atoms with Crippen LogP contribution < -0.4 is 11.1 Å². The molecule has 0 aliphatic rings. The lowest BCUT2D eigenvalue weighted by molar-refractivity contribution is 0.0961. The van der Waals surface area contributed by atoms with Gasteiger partial charge in [0.05, 0.1) is 6.20 Å². The molecule has 0 bridgehead atoms. The van der Waals surface area contributed by atoms with Crippen LogP contribution in [0.1, 0.15) is 10.5 Å². The number of nitrogens with zero attached hydrogens (tertiary/aromatic N) is 1. The van der Waals surface area contributed by atoms with E-state index in [1.165, 1.54) is 0 Å². The summed E-state index contributed by atoms with van der Waals surface area (Å²) in [4.78, 5) is 24.6. The first-order chi connectivity index (χ1) is 6.09. The second-order valence-electron chi connectivity index (χ2n) is 2.18. The maximum absolute atomic E-state index is 12.3. The minimum absolute atomic E-state index is 0.0693. The van der Waals surface area contributed by atoms with Crippen molar-refractivity contribution in [1.82, 2.24) is 10.3 Å². The summed E-state index contributed by atoms with van der Waals surface area (Å²) in [5.41, 5.74) is 4.62. The van der Waals surface area contributed by atoms with E-state index in [0.29, 0.717) is 0 Å². The molecule has 5 nitrogen and oxygen atoms in total. The maximum Gasteiger partial charge on any atom is 0.319 e. The van der Waals surface area contributed by atoms with E-state index in [4.69, 9.17) is 0 Å². The number of rotatable bonds is 1. The van der Waals surface area contributed by atoms with Crippen molar-refractivity contribution in [2.45, 2.75) is 0 Å². The van der Waals surface area contributed by atoms with Crippen LogP contribution >= 0.6 is 0 Å². The van der Waals surface area contributed by atoms with Crippen molar-refractivity contribution in [3.05, 3.63) is 29.8 Å². The Morgan fingerprint density at radius 2 is 2.15 bits per heavy atom. The van der Waals surface area contributed by atoms with Gasteiger partial charge in [-0.15, -0.1) is 0 Å². The topological polar surface area (TPSA) is 85.1 Å². The van der Waals surface area contributed by atoms with Crippen molar-refractivity contribution in [2.24, 2.45) is 5.73 Å². The largest absolute Gasteiger partial charge is 0.351 e. The number of urea groups is 1. The molecule has 3 amide bonds. The number of amides is 3. The zero-order valence-electron chi connectivity index (χ0n) is 6.45. The summed E-state index contributed by atoms with van der Waals surface area (Å²) in [6, 6.07) is 1.23. The molecule has 6 heteroatoms. The highest BCUT2D eigenvalue weighted by molar-refractivity contribution is 6.02. The quantitative estimate of drug-likeness (QED) is 0.644. The standard InChI is InChI=1S/C7H6FN3O2/c8-4-1-2-5(10-3-4)6(12)11-7(9)13/h1-3H,(H3,9,11,12,13). The normalized spacial score (nSPS) is 9.31. The van der Waals surface area contributed by atoms with Crippen LogP contribution in [0.3, 0.4) is 0 Å². The van der Waals surface area contributed by atoms with Crippen LogP contribution in [0.15, 0.2) is 18.3 Å². The molecule has 0 aromatic carbocycles. The molecule has 0 saturated carbocycles. The lowest BCUT2D eigenvalue weighted by Gasteiger charge is -1.98. The van der Waals surface area contributed by atoms with Gasteiger partial charge in [-0.2, -0.15) is 0 Å². The number of carbonyl (C=O) groups excluding carboxylic acids is 2. The molecule has 0 aliphatic carbocycles.